The van der Waals surface area contributed by atoms with E-state index in [1.807, 2.05) is 21.9 Å². The molecule has 1 saturated carbocycles. The summed E-state index contributed by atoms with van der Waals surface area (Å²) in [7, 11) is 0. The zero-order valence-electron chi connectivity index (χ0n) is 14.1. The van der Waals surface area contributed by atoms with Crippen LogP contribution in [0.25, 0.3) is 0 Å². The SMILES string of the molecule is O=C(N1CCCN(C2CCC2)CC1)N1CC(Oc2ccncc2)C1. The van der Waals surface area contributed by atoms with Crippen LogP contribution in [0.15, 0.2) is 24.5 Å². The second kappa shape index (κ2) is 6.97. The maximum Gasteiger partial charge on any atom is 0.320 e. The first-order valence-electron chi connectivity index (χ1n) is 9.14. The summed E-state index contributed by atoms with van der Waals surface area (Å²) in [6, 6.07) is 4.67. The van der Waals surface area contributed by atoms with Gasteiger partial charge in [0.15, 0.2) is 0 Å². The Labute approximate surface area is 143 Å². The molecule has 2 saturated heterocycles. The summed E-state index contributed by atoms with van der Waals surface area (Å²) >= 11 is 0. The maximum atomic E-state index is 12.7. The van der Waals surface area contributed by atoms with E-state index < -0.39 is 0 Å². The maximum absolute atomic E-state index is 12.7. The van der Waals surface area contributed by atoms with E-state index in [0.717, 1.165) is 44.4 Å². The summed E-state index contributed by atoms with van der Waals surface area (Å²) < 4.78 is 5.85. The first-order valence-corrected chi connectivity index (χ1v) is 9.14. The number of urea groups is 1. The van der Waals surface area contributed by atoms with Crippen LogP contribution in [-0.2, 0) is 0 Å². The van der Waals surface area contributed by atoms with E-state index >= 15 is 0 Å². The van der Waals surface area contributed by atoms with Crippen LogP contribution in [-0.4, -0.2) is 77.1 Å². The van der Waals surface area contributed by atoms with Crippen LogP contribution in [0.1, 0.15) is 25.7 Å². The van der Waals surface area contributed by atoms with Crippen molar-refractivity contribution in [2.24, 2.45) is 0 Å². The molecule has 4 rings (SSSR count). The van der Waals surface area contributed by atoms with Gasteiger partial charge in [-0.05, 0) is 31.4 Å². The number of carbonyl (C=O) groups is 1. The first kappa shape index (κ1) is 15.7. The molecule has 24 heavy (non-hydrogen) atoms. The van der Waals surface area contributed by atoms with Crippen molar-refractivity contribution < 1.29 is 9.53 Å². The van der Waals surface area contributed by atoms with Crippen molar-refractivity contribution in [1.29, 1.82) is 0 Å². The number of nitrogens with zero attached hydrogens (tertiary/aromatic N) is 4. The van der Waals surface area contributed by atoms with Crippen LogP contribution in [0.5, 0.6) is 5.75 Å². The fourth-order valence-electron chi connectivity index (χ4n) is 3.72. The molecule has 6 heteroatoms. The fourth-order valence-corrected chi connectivity index (χ4v) is 3.72. The van der Waals surface area contributed by atoms with Crippen LogP contribution < -0.4 is 4.74 Å². The number of likely N-dealkylation sites (tertiary alicyclic amines) is 1. The van der Waals surface area contributed by atoms with Gasteiger partial charge >= 0.3 is 6.03 Å². The highest BCUT2D eigenvalue weighted by atomic mass is 16.5. The van der Waals surface area contributed by atoms with Crippen molar-refractivity contribution in [1.82, 2.24) is 19.7 Å². The van der Waals surface area contributed by atoms with Gasteiger partial charge in [-0.1, -0.05) is 6.42 Å². The van der Waals surface area contributed by atoms with Gasteiger partial charge in [-0.15, -0.1) is 0 Å². The molecule has 3 fully saturated rings. The molecular formula is C18H26N4O2. The molecule has 130 valence electrons. The lowest BCUT2D eigenvalue weighted by molar-refractivity contribution is 0.0308. The first-order chi connectivity index (χ1) is 11.8. The van der Waals surface area contributed by atoms with Crippen molar-refractivity contribution >= 4 is 6.03 Å². The number of rotatable bonds is 3. The molecule has 0 unspecified atom stereocenters. The normalized spacial score (nSPS) is 23.3. The average Bonchev–Trinajstić information content (AvgIpc) is 2.75. The monoisotopic (exact) mass is 330 g/mol. The molecule has 0 spiro atoms. The minimum absolute atomic E-state index is 0.106. The molecule has 0 bridgehead atoms. The number of aromatic nitrogens is 1. The van der Waals surface area contributed by atoms with Gasteiger partial charge in [0, 0.05) is 44.6 Å². The number of hydrogen-bond donors (Lipinski definition) is 0. The predicted molar refractivity (Wildman–Crippen MR) is 91.0 cm³/mol. The topological polar surface area (TPSA) is 48.9 Å². The second-order valence-electron chi connectivity index (χ2n) is 7.07. The van der Waals surface area contributed by atoms with Gasteiger partial charge in [-0.2, -0.15) is 0 Å². The summed E-state index contributed by atoms with van der Waals surface area (Å²) in [6.07, 6.45) is 8.70. The van der Waals surface area contributed by atoms with E-state index in [9.17, 15) is 4.79 Å². The van der Waals surface area contributed by atoms with Crippen molar-refractivity contribution in [3.8, 4) is 5.75 Å². The van der Waals surface area contributed by atoms with Gasteiger partial charge in [-0.3, -0.25) is 9.88 Å². The second-order valence-corrected chi connectivity index (χ2v) is 7.07. The van der Waals surface area contributed by atoms with E-state index in [1.54, 1.807) is 12.4 Å². The number of pyridine rings is 1. The third kappa shape index (κ3) is 3.34. The van der Waals surface area contributed by atoms with Gasteiger partial charge in [-0.25, -0.2) is 4.79 Å². The molecule has 2 aliphatic heterocycles. The molecule has 0 atom stereocenters. The molecule has 3 heterocycles. The van der Waals surface area contributed by atoms with E-state index in [4.69, 9.17) is 4.74 Å². The van der Waals surface area contributed by atoms with E-state index in [-0.39, 0.29) is 12.1 Å². The molecule has 0 N–H and O–H groups in total. The smallest absolute Gasteiger partial charge is 0.320 e. The van der Waals surface area contributed by atoms with Gasteiger partial charge in [0.25, 0.3) is 0 Å². The summed E-state index contributed by atoms with van der Waals surface area (Å²) in [6.45, 7) is 5.29. The highest BCUT2D eigenvalue weighted by Crippen LogP contribution is 2.26. The number of carbonyl (C=O) groups excluding carboxylic acids is 1. The molecule has 3 aliphatic rings. The van der Waals surface area contributed by atoms with E-state index in [0.29, 0.717) is 13.1 Å². The summed E-state index contributed by atoms with van der Waals surface area (Å²) in [4.78, 5) is 23.2. The minimum Gasteiger partial charge on any atom is -0.487 e. The van der Waals surface area contributed by atoms with Gasteiger partial charge < -0.3 is 14.5 Å². The number of amides is 2. The molecule has 0 radical (unpaired) electrons. The Morgan fingerprint density at radius 3 is 2.50 bits per heavy atom. The Morgan fingerprint density at radius 1 is 1.00 bits per heavy atom. The highest BCUT2D eigenvalue weighted by molar-refractivity contribution is 5.75. The third-order valence-corrected chi connectivity index (χ3v) is 5.46. The quantitative estimate of drug-likeness (QED) is 0.848. The molecular weight excluding hydrogens is 304 g/mol. The summed E-state index contributed by atoms with van der Waals surface area (Å²) in [5, 5.41) is 0. The van der Waals surface area contributed by atoms with Crippen molar-refractivity contribution in [2.75, 3.05) is 39.3 Å². The fraction of sp³-hybridized carbons (Fsp3) is 0.667. The van der Waals surface area contributed by atoms with Crippen molar-refractivity contribution in [3.63, 3.8) is 0 Å². The Kier molecular flexibility index (Phi) is 4.56. The van der Waals surface area contributed by atoms with E-state index in [1.165, 1.54) is 19.3 Å². The lowest BCUT2D eigenvalue weighted by atomic mass is 9.91. The Hall–Kier alpha value is -1.82. The Balaban J connectivity index is 1.23. The van der Waals surface area contributed by atoms with Crippen LogP contribution in [0.3, 0.4) is 0 Å². The molecule has 2 amide bonds. The minimum atomic E-state index is 0.106. The zero-order valence-corrected chi connectivity index (χ0v) is 14.1. The number of hydrogen-bond acceptors (Lipinski definition) is 4. The summed E-state index contributed by atoms with van der Waals surface area (Å²) in [5.74, 6) is 0.827. The van der Waals surface area contributed by atoms with Gasteiger partial charge in [0.1, 0.15) is 11.9 Å². The lowest BCUT2D eigenvalue weighted by Gasteiger charge is -2.41. The van der Waals surface area contributed by atoms with Crippen LogP contribution in [0.4, 0.5) is 4.79 Å². The van der Waals surface area contributed by atoms with Crippen LogP contribution in [0, 0.1) is 0 Å². The lowest BCUT2D eigenvalue weighted by Crippen LogP contribution is -2.60. The summed E-state index contributed by atoms with van der Waals surface area (Å²) in [5.41, 5.74) is 0. The Bertz CT molecular complexity index is 557. The van der Waals surface area contributed by atoms with Gasteiger partial charge in [0.05, 0.1) is 13.1 Å². The molecule has 6 nitrogen and oxygen atoms in total. The van der Waals surface area contributed by atoms with Crippen molar-refractivity contribution in [3.05, 3.63) is 24.5 Å². The molecule has 1 aromatic rings. The highest BCUT2D eigenvalue weighted by Gasteiger charge is 2.36. The largest absolute Gasteiger partial charge is 0.487 e. The third-order valence-electron chi connectivity index (χ3n) is 5.46. The van der Waals surface area contributed by atoms with Crippen LogP contribution in [0.2, 0.25) is 0 Å². The zero-order chi connectivity index (χ0) is 16.4. The van der Waals surface area contributed by atoms with Crippen molar-refractivity contribution in [2.45, 2.75) is 37.8 Å². The average molecular weight is 330 g/mol. The number of ether oxygens (including phenoxy) is 1. The van der Waals surface area contributed by atoms with E-state index in [2.05, 4.69) is 9.88 Å². The molecule has 1 aliphatic carbocycles. The predicted octanol–water partition coefficient (Wildman–Crippen LogP) is 1.82. The molecule has 0 aromatic carbocycles. The van der Waals surface area contributed by atoms with Crippen LogP contribution >= 0.6 is 0 Å². The van der Waals surface area contributed by atoms with Gasteiger partial charge in [0.2, 0.25) is 0 Å². The standard InChI is InChI=1S/C18H26N4O2/c23-18(21-10-2-9-20(11-12-21)15-3-1-4-15)22-13-17(14-22)24-16-5-7-19-8-6-16/h5-8,15,17H,1-4,9-14H2. The molecule has 1 aromatic heterocycles. The Morgan fingerprint density at radius 2 is 1.79 bits per heavy atom.